The smallest absolute Gasteiger partial charge is 0.253 e. The first kappa shape index (κ1) is 22.6. The number of thiophene rings is 1. The maximum Gasteiger partial charge on any atom is 0.253 e. The molecular weight excluding hydrogens is 452 g/mol. The van der Waals surface area contributed by atoms with Gasteiger partial charge in [0.15, 0.2) is 9.84 Å². The summed E-state index contributed by atoms with van der Waals surface area (Å²) < 4.78 is 34.7. The highest BCUT2D eigenvalue weighted by Crippen LogP contribution is 2.22. The predicted molar refractivity (Wildman–Crippen MR) is 119 cm³/mol. The maximum atomic E-state index is 12.8. The molecule has 4 rings (SSSR count). The lowest BCUT2D eigenvalue weighted by Crippen LogP contribution is -2.48. The van der Waals surface area contributed by atoms with Crippen molar-refractivity contribution in [3.8, 4) is 10.7 Å². The number of aromatic nitrogens is 2. The molecule has 32 heavy (non-hydrogen) atoms. The SMILES string of the molecule is COCCS(=O)(=O)c1ccc(C(=O)N2CCN(Cc3nc(-c4cccs4)no3)CC2)cc1. The maximum absolute atomic E-state index is 12.8. The normalized spacial score (nSPS) is 15.2. The summed E-state index contributed by atoms with van der Waals surface area (Å²) in [5, 5.41) is 6.00. The number of carbonyl (C=O) groups excluding carboxylic acids is 1. The highest BCUT2D eigenvalue weighted by atomic mass is 32.2. The van der Waals surface area contributed by atoms with Crippen molar-refractivity contribution in [2.45, 2.75) is 11.4 Å². The number of hydrogen-bond donors (Lipinski definition) is 0. The van der Waals surface area contributed by atoms with Crippen LogP contribution in [0.4, 0.5) is 0 Å². The fourth-order valence-corrected chi connectivity index (χ4v) is 5.25. The van der Waals surface area contributed by atoms with Gasteiger partial charge in [0.05, 0.1) is 28.7 Å². The zero-order valence-electron chi connectivity index (χ0n) is 17.6. The zero-order chi connectivity index (χ0) is 22.6. The molecule has 2 aromatic heterocycles. The molecule has 1 amide bonds. The summed E-state index contributed by atoms with van der Waals surface area (Å²) in [5.41, 5.74) is 0.474. The Hall–Kier alpha value is -2.60. The summed E-state index contributed by atoms with van der Waals surface area (Å²) in [5.74, 6) is 0.950. The summed E-state index contributed by atoms with van der Waals surface area (Å²) in [6.45, 7) is 3.18. The molecule has 1 aromatic carbocycles. The average molecular weight is 477 g/mol. The molecule has 0 radical (unpaired) electrons. The number of methoxy groups -OCH3 is 1. The van der Waals surface area contributed by atoms with E-state index >= 15 is 0 Å². The van der Waals surface area contributed by atoms with Gasteiger partial charge in [0, 0.05) is 38.9 Å². The number of benzene rings is 1. The van der Waals surface area contributed by atoms with E-state index in [2.05, 4.69) is 15.0 Å². The van der Waals surface area contributed by atoms with E-state index in [-0.39, 0.29) is 23.2 Å². The Bertz CT molecular complexity index is 1140. The molecule has 1 saturated heterocycles. The highest BCUT2D eigenvalue weighted by Gasteiger charge is 2.24. The average Bonchev–Trinajstić information content (AvgIpc) is 3.50. The van der Waals surface area contributed by atoms with Crippen molar-refractivity contribution in [2.75, 3.05) is 45.6 Å². The Morgan fingerprint density at radius 1 is 1.16 bits per heavy atom. The second-order valence-electron chi connectivity index (χ2n) is 7.39. The van der Waals surface area contributed by atoms with Crippen LogP contribution in [0.15, 0.2) is 51.2 Å². The molecule has 0 bridgehead atoms. The summed E-state index contributed by atoms with van der Waals surface area (Å²) >= 11 is 1.56. The van der Waals surface area contributed by atoms with Gasteiger partial charge in [-0.1, -0.05) is 11.2 Å². The fraction of sp³-hybridized carbons (Fsp3) is 0.381. The summed E-state index contributed by atoms with van der Waals surface area (Å²) in [6.07, 6.45) is 0. The number of sulfone groups is 1. The number of rotatable bonds is 8. The summed E-state index contributed by atoms with van der Waals surface area (Å²) in [6, 6.07) is 9.99. The van der Waals surface area contributed by atoms with E-state index in [9.17, 15) is 13.2 Å². The third-order valence-corrected chi connectivity index (χ3v) is 7.80. The van der Waals surface area contributed by atoms with Crippen LogP contribution in [0.5, 0.6) is 0 Å². The Labute approximate surface area is 190 Å². The van der Waals surface area contributed by atoms with Crippen LogP contribution >= 0.6 is 11.3 Å². The van der Waals surface area contributed by atoms with Crippen LogP contribution < -0.4 is 0 Å². The van der Waals surface area contributed by atoms with Crippen molar-refractivity contribution in [1.82, 2.24) is 19.9 Å². The van der Waals surface area contributed by atoms with E-state index in [0.717, 1.165) is 4.88 Å². The minimum atomic E-state index is -3.42. The minimum absolute atomic E-state index is 0.0897. The lowest BCUT2D eigenvalue weighted by Gasteiger charge is -2.34. The predicted octanol–water partition coefficient (Wildman–Crippen LogP) is 2.18. The largest absolute Gasteiger partial charge is 0.384 e. The van der Waals surface area contributed by atoms with Crippen molar-refractivity contribution in [1.29, 1.82) is 0 Å². The van der Waals surface area contributed by atoms with Crippen molar-refractivity contribution >= 4 is 27.1 Å². The standard InChI is InChI=1S/C21H24N4O5S2/c1-29-12-14-32(27,28)17-6-4-16(5-7-17)21(26)25-10-8-24(9-11-25)15-19-22-20(23-30-19)18-3-2-13-31-18/h2-7,13H,8-12,14-15H2,1H3. The molecular formula is C21H24N4O5S2. The van der Waals surface area contributed by atoms with Crippen LogP contribution in [0.1, 0.15) is 16.2 Å². The molecule has 3 aromatic rings. The van der Waals surface area contributed by atoms with Gasteiger partial charge in [-0.2, -0.15) is 4.98 Å². The van der Waals surface area contributed by atoms with Crippen LogP contribution in [0.3, 0.4) is 0 Å². The second-order valence-corrected chi connectivity index (χ2v) is 10.5. The minimum Gasteiger partial charge on any atom is -0.384 e. The Balaban J connectivity index is 1.31. The molecule has 0 atom stereocenters. The van der Waals surface area contributed by atoms with Gasteiger partial charge in [-0.3, -0.25) is 9.69 Å². The monoisotopic (exact) mass is 476 g/mol. The van der Waals surface area contributed by atoms with E-state index in [1.807, 2.05) is 17.5 Å². The topological polar surface area (TPSA) is 106 Å². The lowest BCUT2D eigenvalue weighted by atomic mass is 10.2. The highest BCUT2D eigenvalue weighted by molar-refractivity contribution is 7.91. The number of hydrogen-bond acceptors (Lipinski definition) is 9. The molecule has 11 heteroatoms. The van der Waals surface area contributed by atoms with E-state index in [1.165, 1.54) is 19.2 Å². The molecule has 1 fully saturated rings. The van der Waals surface area contributed by atoms with E-state index < -0.39 is 9.84 Å². The van der Waals surface area contributed by atoms with Gasteiger partial charge in [0.1, 0.15) is 0 Å². The van der Waals surface area contributed by atoms with Gasteiger partial charge in [0.25, 0.3) is 5.91 Å². The number of ether oxygens (including phenoxy) is 1. The summed E-state index contributed by atoms with van der Waals surface area (Å²) in [4.78, 5) is 22.4. The molecule has 1 aliphatic heterocycles. The molecule has 9 nitrogen and oxygen atoms in total. The number of carbonyl (C=O) groups is 1. The first-order valence-electron chi connectivity index (χ1n) is 10.2. The quantitative estimate of drug-likeness (QED) is 0.487. The molecule has 0 saturated carbocycles. The van der Waals surface area contributed by atoms with Gasteiger partial charge < -0.3 is 14.2 Å². The fourth-order valence-electron chi connectivity index (χ4n) is 3.42. The van der Waals surface area contributed by atoms with Gasteiger partial charge in [0.2, 0.25) is 11.7 Å². The molecule has 3 heterocycles. The van der Waals surface area contributed by atoms with Gasteiger partial charge in [-0.05, 0) is 35.7 Å². The molecule has 0 N–H and O–H groups in total. The second kappa shape index (κ2) is 9.90. The van der Waals surface area contributed by atoms with E-state index in [4.69, 9.17) is 9.26 Å². The Kier molecular flexibility index (Phi) is 6.99. The van der Waals surface area contributed by atoms with Crippen molar-refractivity contribution in [3.05, 3.63) is 53.2 Å². The summed E-state index contributed by atoms with van der Waals surface area (Å²) in [7, 11) is -1.96. The van der Waals surface area contributed by atoms with Crippen LogP contribution in [0.25, 0.3) is 10.7 Å². The number of nitrogens with zero attached hydrogens (tertiary/aromatic N) is 4. The van der Waals surface area contributed by atoms with Gasteiger partial charge in [-0.25, -0.2) is 8.42 Å². The molecule has 1 aliphatic rings. The van der Waals surface area contributed by atoms with Crippen LogP contribution in [-0.2, 0) is 21.1 Å². The molecule has 0 aliphatic carbocycles. The van der Waals surface area contributed by atoms with Crippen molar-refractivity contribution in [2.24, 2.45) is 0 Å². The lowest BCUT2D eigenvalue weighted by molar-refractivity contribution is 0.0615. The molecule has 0 spiro atoms. The van der Waals surface area contributed by atoms with Gasteiger partial charge >= 0.3 is 0 Å². The first-order valence-corrected chi connectivity index (χ1v) is 12.7. The zero-order valence-corrected chi connectivity index (χ0v) is 19.3. The van der Waals surface area contributed by atoms with Crippen LogP contribution in [-0.4, -0.2) is 79.9 Å². The van der Waals surface area contributed by atoms with Gasteiger partial charge in [-0.15, -0.1) is 11.3 Å². The van der Waals surface area contributed by atoms with Crippen LogP contribution in [0.2, 0.25) is 0 Å². The third-order valence-electron chi connectivity index (χ3n) is 5.24. The van der Waals surface area contributed by atoms with Crippen LogP contribution in [0, 0.1) is 0 Å². The van der Waals surface area contributed by atoms with E-state index in [0.29, 0.717) is 50.0 Å². The van der Waals surface area contributed by atoms with E-state index in [1.54, 1.807) is 28.4 Å². The number of piperazine rings is 1. The Morgan fingerprint density at radius 2 is 1.91 bits per heavy atom. The number of amides is 1. The van der Waals surface area contributed by atoms with Crippen molar-refractivity contribution < 1.29 is 22.5 Å². The Morgan fingerprint density at radius 3 is 2.56 bits per heavy atom. The molecule has 170 valence electrons. The third kappa shape index (κ3) is 5.23. The first-order chi connectivity index (χ1) is 15.5. The van der Waals surface area contributed by atoms with Crippen molar-refractivity contribution in [3.63, 3.8) is 0 Å². The molecule has 0 unspecified atom stereocenters.